The molecule has 7 heteroatoms. The van der Waals surface area contributed by atoms with Crippen LogP contribution in [0.3, 0.4) is 0 Å². The van der Waals surface area contributed by atoms with Gasteiger partial charge in [-0.15, -0.1) is 0 Å². The van der Waals surface area contributed by atoms with E-state index >= 15 is 0 Å². The molecule has 0 saturated heterocycles. The summed E-state index contributed by atoms with van der Waals surface area (Å²) >= 11 is 3.50. The zero-order valence-corrected chi connectivity index (χ0v) is 19.5. The maximum atomic E-state index is 13.3. The lowest BCUT2D eigenvalue weighted by atomic mass is 10.2. The van der Waals surface area contributed by atoms with Crippen molar-refractivity contribution in [2.24, 2.45) is 5.10 Å². The van der Waals surface area contributed by atoms with Crippen LogP contribution in [-0.2, 0) is 0 Å². The molecular weight excluding hydrogens is 470 g/mol. The Morgan fingerprint density at radius 2 is 1.78 bits per heavy atom. The van der Waals surface area contributed by atoms with E-state index in [9.17, 15) is 4.79 Å². The van der Waals surface area contributed by atoms with Crippen molar-refractivity contribution in [1.82, 2.24) is 9.66 Å². The average Bonchev–Trinajstić information content (AvgIpc) is 2.80. The molecule has 1 aromatic heterocycles. The Kier molecular flexibility index (Phi) is 6.37. The highest BCUT2D eigenvalue weighted by Crippen LogP contribution is 2.35. The number of nitrogens with zero attached hydrogens (tertiary/aromatic N) is 3. The summed E-state index contributed by atoms with van der Waals surface area (Å²) < 4.78 is 13.6. The molecule has 0 aliphatic rings. The van der Waals surface area contributed by atoms with E-state index in [-0.39, 0.29) is 11.7 Å². The molecule has 0 bridgehead atoms. The van der Waals surface area contributed by atoms with Gasteiger partial charge in [0.15, 0.2) is 17.3 Å². The van der Waals surface area contributed by atoms with Crippen molar-refractivity contribution < 1.29 is 9.47 Å². The fourth-order valence-electron chi connectivity index (χ4n) is 3.32. The van der Waals surface area contributed by atoms with Gasteiger partial charge >= 0.3 is 0 Å². The summed E-state index contributed by atoms with van der Waals surface area (Å²) in [5.41, 5.74) is 1.83. The van der Waals surface area contributed by atoms with E-state index in [1.807, 2.05) is 74.5 Å². The number of para-hydroxylation sites is 1. The topological polar surface area (TPSA) is 65.7 Å². The fourth-order valence-corrected chi connectivity index (χ4v) is 3.78. The maximum absolute atomic E-state index is 13.3. The predicted octanol–water partition coefficient (Wildman–Crippen LogP) is 5.50. The molecule has 0 N–H and O–H groups in total. The third-order valence-electron chi connectivity index (χ3n) is 4.72. The normalized spacial score (nSPS) is 11.4. The monoisotopic (exact) mass is 491 g/mol. The molecule has 0 atom stereocenters. The first-order valence-corrected chi connectivity index (χ1v) is 10.9. The van der Waals surface area contributed by atoms with Crippen LogP contribution in [0.15, 0.2) is 81.1 Å². The number of hydrogen-bond donors (Lipinski definition) is 0. The molecule has 4 rings (SSSR count). The van der Waals surface area contributed by atoms with E-state index in [4.69, 9.17) is 14.5 Å². The molecule has 4 aromatic rings. The zero-order chi connectivity index (χ0) is 22.7. The summed E-state index contributed by atoms with van der Waals surface area (Å²) in [5, 5.41) is 5.04. The third-order valence-corrected chi connectivity index (χ3v) is 5.18. The summed E-state index contributed by atoms with van der Waals surface area (Å²) in [5.74, 6) is 1.58. The van der Waals surface area contributed by atoms with Crippen LogP contribution in [0.5, 0.6) is 11.5 Å². The molecule has 0 radical (unpaired) electrons. The largest absolute Gasteiger partial charge is 0.493 e. The second-order valence-electron chi connectivity index (χ2n) is 7.37. The van der Waals surface area contributed by atoms with Gasteiger partial charge in [0.25, 0.3) is 5.56 Å². The van der Waals surface area contributed by atoms with Gasteiger partial charge in [-0.25, -0.2) is 4.98 Å². The Morgan fingerprint density at radius 3 is 2.50 bits per heavy atom. The smallest absolute Gasteiger partial charge is 0.282 e. The zero-order valence-electron chi connectivity index (χ0n) is 17.9. The van der Waals surface area contributed by atoms with Crippen LogP contribution in [0.25, 0.3) is 22.3 Å². The van der Waals surface area contributed by atoms with Gasteiger partial charge in [0.1, 0.15) is 0 Å². The van der Waals surface area contributed by atoms with Gasteiger partial charge in [0, 0.05) is 15.6 Å². The molecule has 0 amide bonds. The standard InChI is InChI=1S/C25H22BrN3O3/c1-16(2)32-23-18(13-19(26)14-22(23)31-3)15-27-29-24(17-9-5-4-6-10-17)28-21-12-8-7-11-20(21)25(29)30/h4-16H,1-3H3. The number of aromatic nitrogens is 2. The van der Waals surface area contributed by atoms with Crippen molar-refractivity contribution >= 4 is 33.0 Å². The molecule has 0 saturated carbocycles. The van der Waals surface area contributed by atoms with E-state index in [0.717, 1.165) is 10.0 Å². The van der Waals surface area contributed by atoms with Crippen molar-refractivity contribution in [2.75, 3.05) is 7.11 Å². The lowest BCUT2D eigenvalue weighted by Gasteiger charge is -2.16. The van der Waals surface area contributed by atoms with Crippen LogP contribution in [0.2, 0.25) is 0 Å². The van der Waals surface area contributed by atoms with E-state index < -0.39 is 0 Å². The van der Waals surface area contributed by atoms with Gasteiger partial charge in [-0.05, 0) is 38.1 Å². The highest BCUT2D eigenvalue weighted by molar-refractivity contribution is 9.10. The van der Waals surface area contributed by atoms with Crippen molar-refractivity contribution in [1.29, 1.82) is 0 Å². The quantitative estimate of drug-likeness (QED) is 0.333. The van der Waals surface area contributed by atoms with Crippen LogP contribution in [0.4, 0.5) is 0 Å². The number of ether oxygens (including phenoxy) is 2. The SMILES string of the molecule is COc1cc(Br)cc(C=Nn2c(-c3ccccc3)nc3ccccc3c2=O)c1OC(C)C. The molecule has 0 aliphatic carbocycles. The Hall–Kier alpha value is -3.45. The number of benzene rings is 3. The number of hydrogen-bond acceptors (Lipinski definition) is 5. The number of rotatable bonds is 6. The summed E-state index contributed by atoms with van der Waals surface area (Å²) in [7, 11) is 1.58. The maximum Gasteiger partial charge on any atom is 0.282 e. The van der Waals surface area contributed by atoms with Gasteiger partial charge in [-0.3, -0.25) is 4.79 Å². The molecule has 1 heterocycles. The van der Waals surface area contributed by atoms with Crippen molar-refractivity contribution in [3.8, 4) is 22.9 Å². The highest BCUT2D eigenvalue weighted by Gasteiger charge is 2.15. The molecular formula is C25H22BrN3O3. The average molecular weight is 492 g/mol. The summed E-state index contributed by atoms with van der Waals surface area (Å²) in [6, 6.07) is 20.5. The third kappa shape index (κ3) is 4.43. The summed E-state index contributed by atoms with van der Waals surface area (Å²) in [6.45, 7) is 3.88. The molecule has 3 aromatic carbocycles. The van der Waals surface area contributed by atoms with Crippen molar-refractivity contribution in [2.45, 2.75) is 20.0 Å². The number of halogens is 1. The van der Waals surface area contributed by atoms with Gasteiger partial charge in [-0.2, -0.15) is 9.78 Å². The Balaban J connectivity index is 1.93. The van der Waals surface area contributed by atoms with E-state index in [1.165, 1.54) is 4.68 Å². The number of methoxy groups -OCH3 is 1. The van der Waals surface area contributed by atoms with E-state index in [2.05, 4.69) is 21.0 Å². The minimum atomic E-state index is -0.251. The van der Waals surface area contributed by atoms with Crippen LogP contribution in [0, 0.1) is 0 Å². The lowest BCUT2D eigenvalue weighted by molar-refractivity contribution is 0.229. The Labute approximate surface area is 194 Å². The van der Waals surface area contributed by atoms with Gasteiger partial charge in [-0.1, -0.05) is 58.4 Å². The predicted molar refractivity (Wildman–Crippen MR) is 131 cm³/mol. The van der Waals surface area contributed by atoms with Gasteiger partial charge in [0.2, 0.25) is 0 Å². The Morgan fingerprint density at radius 1 is 1.06 bits per heavy atom. The second kappa shape index (κ2) is 9.36. The first kappa shape index (κ1) is 21.8. The van der Waals surface area contributed by atoms with Crippen molar-refractivity contribution in [3.05, 3.63) is 87.1 Å². The number of fused-ring (bicyclic) bond motifs is 1. The fraction of sp³-hybridized carbons (Fsp3) is 0.160. The first-order valence-electron chi connectivity index (χ1n) is 10.1. The van der Waals surface area contributed by atoms with Crippen LogP contribution >= 0.6 is 15.9 Å². The molecule has 0 unspecified atom stereocenters. The van der Waals surface area contributed by atoms with E-state index in [1.54, 1.807) is 19.4 Å². The highest BCUT2D eigenvalue weighted by atomic mass is 79.9. The Bertz CT molecular complexity index is 1350. The van der Waals surface area contributed by atoms with Crippen molar-refractivity contribution in [3.63, 3.8) is 0 Å². The molecule has 0 aliphatic heterocycles. The molecule has 6 nitrogen and oxygen atoms in total. The summed E-state index contributed by atoms with van der Waals surface area (Å²) in [6.07, 6.45) is 1.53. The lowest BCUT2D eigenvalue weighted by Crippen LogP contribution is -2.20. The molecule has 0 fully saturated rings. The minimum absolute atomic E-state index is 0.0674. The summed E-state index contributed by atoms with van der Waals surface area (Å²) in [4.78, 5) is 18.1. The van der Waals surface area contributed by atoms with Gasteiger partial charge < -0.3 is 9.47 Å². The van der Waals surface area contributed by atoms with E-state index in [0.29, 0.717) is 33.8 Å². The van der Waals surface area contributed by atoms with Gasteiger partial charge in [0.05, 0.1) is 30.3 Å². The molecule has 0 spiro atoms. The van der Waals surface area contributed by atoms with Crippen LogP contribution in [0.1, 0.15) is 19.4 Å². The molecule has 162 valence electrons. The first-order chi connectivity index (χ1) is 15.5. The second-order valence-corrected chi connectivity index (χ2v) is 8.29. The van der Waals surface area contributed by atoms with Crippen LogP contribution < -0.4 is 15.0 Å². The van der Waals surface area contributed by atoms with Crippen LogP contribution in [-0.4, -0.2) is 29.1 Å². The molecule has 32 heavy (non-hydrogen) atoms. The minimum Gasteiger partial charge on any atom is -0.493 e.